The lowest BCUT2D eigenvalue weighted by Crippen LogP contribution is -2.43. The molecule has 1 atom stereocenters. The Morgan fingerprint density at radius 2 is 1.82 bits per heavy atom. The molecule has 2 aromatic rings. The van der Waals surface area contributed by atoms with Gasteiger partial charge in [0.15, 0.2) is 21.4 Å². The van der Waals surface area contributed by atoms with Crippen LogP contribution < -0.4 is 14.8 Å². The second-order valence-electron chi connectivity index (χ2n) is 11.0. The first-order valence-electron chi connectivity index (χ1n) is 13.0. The number of halogens is 1. The van der Waals surface area contributed by atoms with Crippen molar-refractivity contribution in [2.75, 3.05) is 25.9 Å². The SMILES string of the molecule is Cc1c(Oc2ccc(S(C)(=O)=O)cc2F)ncnc1OC1CCN(C(=O)CC(C)CNC(=O)OC(C)(C)C)CC1. The molecule has 0 aliphatic carbocycles. The number of rotatable bonds is 9. The van der Waals surface area contributed by atoms with Crippen molar-refractivity contribution in [3.8, 4) is 17.5 Å². The number of amides is 2. The number of sulfone groups is 1. The molecule has 0 spiro atoms. The molecule has 1 unspecified atom stereocenters. The number of hydrogen-bond donors (Lipinski definition) is 1. The first kappa shape index (κ1) is 31.1. The summed E-state index contributed by atoms with van der Waals surface area (Å²) >= 11 is 0. The molecule has 1 aliphatic heterocycles. The third-order valence-electron chi connectivity index (χ3n) is 6.12. The van der Waals surface area contributed by atoms with Gasteiger partial charge in [-0.25, -0.2) is 27.6 Å². The number of carbonyl (C=O) groups excluding carboxylic acids is 2. The normalized spacial score (nSPS) is 15.3. The Kier molecular flexibility index (Phi) is 9.93. The van der Waals surface area contributed by atoms with Gasteiger partial charge in [-0.15, -0.1) is 0 Å². The molecule has 0 bridgehead atoms. The van der Waals surface area contributed by atoms with Gasteiger partial charge in [0.25, 0.3) is 0 Å². The van der Waals surface area contributed by atoms with Crippen LogP contribution in [0.4, 0.5) is 9.18 Å². The molecule has 1 fully saturated rings. The lowest BCUT2D eigenvalue weighted by Gasteiger charge is -2.32. The van der Waals surface area contributed by atoms with Crippen molar-refractivity contribution < 1.29 is 36.6 Å². The van der Waals surface area contributed by atoms with Crippen LogP contribution in [0.15, 0.2) is 29.4 Å². The van der Waals surface area contributed by atoms with Gasteiger partial charge < -0.3 is 24.4 Å². The second-order valence-corrected chi connectivity index (χ2v) is 13.0. The summed E-state index contributed by atoms with van der Waals surface area (Å²) in [6.45, 7) is 10.3. The molecule has 3 rings (SSSR count). The number of benzene rings is 1. The maximum atomic E-state index is 14.5. The fourth-order valence-electron chi connectivity index (χ4n) is 3.99. The zero-order chi connectivity index (χ0) is 29.7. The minimum Gasteiger partial charge on any atom is -0.474 e. The molecule has 40 heavy (non-hydrogen) atoms. The number of hydrogen-bond acceptors (Lipinski definition) is 9. The van der Waals surface area contributed by atoms with Gasteiger partial charge in [-0.2, -0.15) is 0 Å². The van der Waals surface area contributed by atoms with Crippen molar-refractivity contribution in [3.63, 3.8) is 0 Å². The fraction of sp³-hybridized carbons (Fsp3) is 0.556. The molecule has 1 aliphatic rings. The van der Waals surface area contributed by atoms with E-state index in [4.69, 9.17) is 14.2 Å². The zero-order valence-corrected chi connectivity index (χ0v) is 24.5. The van der Waals surface area contributed by atoms with Crippen LogP contribution in [0.25, 0.3) is 0 Å². The molecule has 2 amide bonds. The Balaban J connectivity index is 1.51. The van der Waals surface area contributed by atoms with Crippen molar-refractivity contribution in [2.24, 2.45) is 5.92 Å². The number of aromatic nitrogens is 2. The van der Waals surface area contributed by atoms with E-state index in [9.17, 15) is 22.4 Å². The number of piperidine rings is 1. The molecule has 1 N–H and O–H groups in total. The molecular formula is C27H37FN4O7S. The zero-order valence-electron chi connectivity index (χ0n) is 23.7. The standard InChI is InChI=1S/C27H37FN4O7S/c1-17(15-29-26(34)39-27(3,4)5)13-23(33)32-11-9-19(10-12-32)37-24-18(2)25(31-16-30-24)38-22-8-7-20(14-21(22)28)40(6,35)36/h7-8,14,16-17,19H,9-13,15H2,1-6H3,(H,29,34). The first-order chi connectivity index (χ1) is 18.6. The number of likely N-dealkylation sites (tertiary alicyclic amines) is 1. The first-order valence-corrected chi connectivity index (χ1v) is 14.9. The number of ether oxygens (including phenoxy) is 3. The Morgan fingerprint density at radius 1 is 1.18 bits per heavy atom. The van der Waals surface area contributed by atoms with Gasteiger partial charge in [0.2, 0.25) is 17.7 Å². The van der Waals surface area contributed by atoms with E-state index in [0.717, 1.165) is 12.3 Å². The quantitative estimate of drug-likeness (QED) is 0.466. The van der Waals surface area contributed by atoms with Gasteiger partial charge in [0, 0.05) is 45.2 Å². The summed E-state index contributed by atoms with van der Waals surface area (Å²) in [5, 5.41) is 2.70. The van der Waals surface area contributed by atoms with E-state index < -0.39 is 27.3 Å². The molecule has 0 radical (unpaired) electrons. The molecule has 1 saturated heterocycles. The number of nitrogens with zero attached hydrogens (tertiary/aromatic N) is 3. The lowest BCUT2D eigenvalue weighted by molar-refractivity contribution is -0.133. The van der Waals surface area contributed by atoms with E-state index in [2.05, 4.69) is 15.3 Å². The predicted octanol–water partition coefficient (Wildman–Crippen LogP) is 4.04. The number of nitrogens with one attached hydrogen (secondary N) is 1. The summed E-state index contributed by atoms with van der Waals surface area (Å²) in [4.78, 5) is 34.5. The molecule has 1 aromatic carbocycles. The lowest BCUT2D eigenvalue weighted by atomic mass is 10.0. The monoisotopic (exact) mass is 580 g/mol. The summed E-state index contributed by atoms with van der Waals surface area (Å²) in [6, 6.07) is 3.38. The Hall–Kier alpha value is -3.48. The highest BCUT2D eigenvalue weighted by Gasteiger charge is 2.26. The van der Waals surface area contributed by atoms with E-state index >= 15 is 0 Å². The highest BCUT2D eigenvalue weighted by Crippen LogP contribution is 2.31. The minimum atomic E-state index is -3.56. The summed E-state index contributed by atoms with van der Waals surface area (Å²) in [6.07, 6.45) is 3.03. The Bertz CT molecular complexity index is 1320. The summed E-state index contributed by atoms with van der Waals surface area (Å²) < 4.78 is 54.7. The molecule has 2 heterocycles. The van der Waals surface area contributed by atoms with Crippen LogP contribution in [0.2, 0.25) is 0 Å². The van der Waals surface area contributed by atoms with Crippen molar-refractivity contribution >= 4 is 21.8 Å². The molecular weight excluding hydrogens is 543 g/mol. The third kappa shape index (κ3) is 9.04. The van der Waals surface area contributed by atoms with Gasteiger partial charge in [0.1, 0.15) is 18.0 Å². The van der Waals surface area contributed by atoms with Crippen molar-refractivity contribution in [1.82, 2.24) is 20.2 Å². The van der Waals surface area contributed by atoms with Crippen molar-refractivity contribution in [1.29, 1.82) is 0 Å². The van der Waals surface area contributed by atoms with E-state index in [-0.39, 0.29) is 40.3 Å². The fourth-order valence-corrected chi connectivity index (χ4v) is 4.62. The van der Waals surface area contributed by atoms with Gasteiger partial charge in [-0.3, -0.25) is 4.79 Å². The number of carbonyl (C=O) groups is 2. The van der Waals surface area contributed by atoms with E-state index in [0.29, 0.717) is 44.5 Å². The molecule has 0 saturated carbocycles. The van der Waals surface area contributed by atoms with Crippen LogP contribution in [0, 0.1) is 18.7 Å². The van der Waals surface area contributed by atoms with Crippen LogP contribution >= 0.6 is 0 Å². The van der Waals surface area contributed by atoms with E-state index in [1.165, 1.54) is 18.5 Å². The summed E-state index contributed by atoms with van der Waals surface area (Å²) in [5.41, 5.74) is -0.126. The van der Waals surface area contributed by atoms with Crippen LogP contribution in [0.5, 0.6) is 17.5 Å². The van der Waals surface area contributed by atoms with Crippen LogP contribution in [-0.4, -0.2) is 72.9 Å². The van der Waals surface area contributed by atoms with Crippen LogP contribution in [0.1, 0.15) is 52.5 Å². The second kappa shape index (κ2) is 12.8. The predicted molar refractivity (Wildman–Crippen MR) is 145 cm³/mol. The van der Waals surface area contributed by atoms with Gasteiger partial charge in [-0.1, -0.05) is 6.92 Å². The van der Waals surface area contributed by atoms with E-state index in [1.807, 2.05) is 6.92 Å². The van der Waals surface area contributed by atoms with Gasteiger partial charge >= 0.3 is 6.09 Å². The summed E-state index contributed by atoms with van der Waals surface area (Å²) in [7, 11) is -3.56. The Labute approximate surface area is 234 Å². The van der Waals surface area contributed by atoms with Gasteiger partial charge in [0.05, 0.1) is 10.5 Å². The largest absolute Gasteiger partial charge is 0.474 e. The molecule has 13 heteroatoms. The third-order valence-corrected chi connectivity index (χ3v) is 7.23. The Morgan fingerprint density at radius 3 is 2.42 bits per heavy atom. The van der Waals surface area contributed by atoms with Crippen LogP contribution in [0.3, 0.4) is 0 Å². The summed E-state index contributed by atoms with van der Waals surface area (Å²) in [5.74, 6) is -0.696. The molecule has 1 aromatic heterocycles. The average Bonchev–Trinajstić information content (AvgIpc) is 2.85. The van der Waals surface area contributed by atoms with Crippen molar-refractivity contribution in [2.45, 2.75) is 70.5 Å². The smallest absolute Gasteiger partial charge is 0.407 e. The minimum absolute atomic E-state index is 0.00904. The van der Waals surface area contributed by atoms with Crippen molar-refractivity contribution in [3.05, 3.63) is 35.9 Å². The van der Waals surface area contributed by atoms with Gasteiger partial charge in [-0.05, 0) is 51.8 Å². The maximum Gasteiger partial charge on any atom is 0.407 e. The highest BCUT2D eigenvalue weighted by atomic mass is 32.2. The molecule has 220 valence electrons. The topological polar surface area (TPSA) is 137 Å². The average molecular weight is 581 g/mol. The highest BCUT2D eigenvalue weighted by molar-refractivity contribution is 7.90. The van der Waals surface area contributed by atoms with E-state index in [1.54, 1.807) is 32.6 Å². The molecule has 11 nitrogen and oxygen atoms in total. The van der Waals surface area contributed by atoms with Crippen LogP contribution in [-0.2, 0) is 19.4 Å². The number of alkyl carbamates (subject to hydrolysis) is 1. The maximum absolute atomic E-state index is 14.5.